The van der Waals surface area contributed by atoms with Crippen molar-refractivity contribution in [3.05, 3.63) is 70.5 Å². The average molecular weight is 497 g/mol. The van der Waals surface area contributed by atoms with E-state index >= 15 is 0 Å². The summed E-state index contributed by atoms with van der Waals surface area (Å²) in [5.74, 6) is -1.49. The zero-order valence-electron chi connectivity index (χ0n) is 19.0. The van der Waals surface area contributed by atoms with Crippen LogP contribution in [-0.4, -0.2) is 47.7 Å². The zero-order valence-corrected chi connectivity index (χ0v) is 19.8. The molecule has 180 valence electrons. The van der Waals surface area contributed by atoms with Crippen LogP contribution in [0.5, 0.6) is 5.75 Å². The Hall–Kier alpha value is -3.75. The number of rotatable bonds is 9. The number of imidazole rings is 1. The van der Waals surface area contributed by atoms with Gasteiger partial charge in [0, 0.05) is 54.0 Å². The van der Waals surface area contributed by atoms with E-state index in [9.17, 15) is 19.1 Å². The maximum atomic E-state index is 14.2. The van der Waals surface area contributed by atoms with Gasteiger partial charge in [-0.15, -0.1) is 0 Å². The fraction of sp³-hybridized carbons (Fsp3) is 0.192. The first-order valence-electron chi connectivity index (χ1n) is 10.8. The summed E-state index contributed by atoms with van der Waals surface area (Å²) in [5.41, 5.74) is 2.42. The number of aromatic nitrogens is 2. The number of carboxylic acid groups (broad SMARTS) is 1. The van der Waals surface area contributed by atoms with Crippen LogP contribution in [0.1, 0.15) is 33.6 Å². The quantitative estimate of drug-likeness (QED) is 0.217. The van der Waals surface area contributed by atoms with Crippen molar-refractivity contribution in [3.8, 4) is 28.3 Å². The number of benzene rings is 3. The molecule has 0 unspecified atom stereocenters. The second-order valence-corrected chi connectivity index (χ2v) is 8.24. The predicted octanol–water partition coefficient (Wildman–Crippen LogP) is 6.01. The summed E-state index contributed by atoms with van der Waals surface area (Å²) < 4.78 is 24.2. The molecule has 0 spiro atoms. The molecule has 0 amide bonds. The molecule has 4 rings (SSSR count). The van der Waals surface area contributed by atoms with Crippen molar-refractivity contribution in [1.29, 1.82) is 0 Å². The van der Waals surface area contributed by atoms with E-state index in [0.717, 1.165) is 0 Å². The first kappa shape index (κ1) is 24.4. The number of halogens is 2. The van der Waals surface area contributed by atoms with Crippen LogP contribution in [0, 0.1) is 5.82 Å². The molecular formula is C26H22ClFN2O5. The predicted molar refractivity (Wildman–Crippen MR) is 131 cm³/mol. The SMILES string of the molecule is COCCCC(=O)c1ccc(-c2c(Cl)cccc2-c2nc3cc(OC)c(F)cc3[nH]2)c(C(=O)O)c1. The van der Waals surface area contributed by atoms with Gasteiger partial charge in [-0.25, -0.2) is 14.2 Å². The van der Waals surface area contributed by atoms with E-state index in [1.807, 2.05) is 0 Å². The Kier molecular flexibility index (Phi) is 7.14. The van der Waals surface area contributed by atoms with Crippen molar-refractivity contribution in [1.82, 2.24) is 9.97 Å². The number of fused-ring (bicyclic) bond motifs is 1. The summed E-state index contributed by atoms with van der Waals surface area (Å²) in [5, 5.41) is 10.2. The van der Waals surface area contributed by atoms with Crippen molar-refractivity contribution in [2.75, 3.05) is 20.8 Å². The Morgan fingerprint density at radius 1 is 1.11 bits per heavy atom. The minimum Gasteiger partial charge on any atom is -0.494 e. The number of carboxylic acids is 1. The van der Waals surface area contributed by atoms with E-state index in [1.165, 1.54) is 25.3 Å². The smallest absolute Gasteiger partial charge is 0.336 e. The molecule has 0 aliphatic rings. The van der Waals surface area contributed by atoms with Crippen LogP contribution < -0.4 is 4.74 Å². The molecule has 3 aromatic carbocycles. The van der Waals surface area contributed by atoms with Crippen LogP contribution in [0.15, 0.2) is 48.5 Å². The molecule has 0 fully saturated rings. The van der Waals surface area contributed by atoms with Gasteiger partial charge in [0.25, 0.3) is 0 Å². The van der Waals surface area contributed by atoms with Crippen molar-refractivity contribution in [2.24, 2.45) is 0 Å². The van der Waals surface area contributed by atoms with E-state index in [4.69, 9.17) is 21.1 Å². The third-order valence-electron chi connectivity index (χ3n) is 5.62. The first-order valence-corrected chi connectivity index (χ1v) is 11.1. The lowest BCUT2D eigenvalue weighted by Gasteiger charge is -2.14. The van der Waals surface area contributed by atoms with E-state index in [2.05, 4.69) is 9.97 Å². The van der Waals surface area contributed by atoms with E-state index in [-0.39, 0.29) is 23.5 Å². The highest BCUT2D eigenvalue weighted by Gasteiger charge is 2.22. The molecular weight excluding hydrogens is 475 g/mol. The number of Topliss-reactive ketones (excluding diaryl/α,β-unsaturated/α-hetero) is 1. The summed E-state index contributed by atoms with van der Waals surface area (Å²) in [4.78, 5) is 32.3. The fourth-order valence-corrected chi connectivity index (χ4v) is 4.20. The van der Waals surface area contributed by atoms with Gasteiger partial charge in [0.1, 0.15) is 5.82 Å². The first-order chi connectivity index (χ1) is 16.8. The second-order valence-electron chi connectivity index (χ2n) is 7.84. The van der Waals surface area contributed by atoms with Gasteiger partial charge in [0.15, 0.2) is 17.3 Å². The number of hydrogen-bond donors (Lipinski definition) is 2. The van der Waals surface area contributed by atoms with Gasteiger partial charge in [-0.1, -0.05) is 35.9 Å². The van der Waals surface area contributed by atoms with Crippen LogP contribution in [-0.2, 0) is 4.74 Å². The third-order valence-corrected chi connectivity index (χ3v) is 5.93. The summed E-state index contributed by atoms with van der Waals surface area (Å²) >= 11 is 6.55. The van der Waals surface area contributed by atoms with E-state index in [1.54, 1.807) is 37.4 Å². The Morgan fingerprint density at radius 3 is 2.63 bits per heavy atom. The fourth-order valence-electron chi connectivity index (χ4n) is 3.92. The Bertz CT molecular complexity index is 1430. The van der Waals surface area contributed by atoms with Gasteiger partial charge in [-0.3, -0.25) is 4.79 Å². The average Bonchev–Trinajstić information content (AvgIpc) is 3.25. The van der Waals surface area contributed by atoms with Crippen LogP contribution in [0.2, 0.25) is 5.02 Å². The number of ether oxygens (including phenoxy) is 2. The van der Waals surface area contributed by atoms with Crippen LogP contribution in [0.4, 0.5) is 4.39 Å². The maximum Gasteiger partial charge on any atom is 0.336 e. The van der Waals surface area contributed by atoms with Gasteiger partial charge in [0.2, 0.25) is 0 Å². The molecule has 0 radical (unpaired) electrons. The number of aromatic amines is 1. The highest BCUT2D eigenvalue weighted by atomic mass is 35.5. The lowest BCUT2D eigenvalue weighted by Crippen LogP contribution is -2.06. The number of hydrogen-bond acceptors (Lipinski definition) is 5. The number of aromatic carboxylic acids is 1. The Balaban J connectivity index is 1.84. The molecule has 0 bridgehead atoms. The lowest BCUT2D eigenvalue weighted by atomic mass is 9.92. The number of methoxy groups -OCH3 is 2. The van der Waals surface area contributed by atoms with Crippen molar-refractivity contribution in [2.45, 2.75) is 12.8 Å². The molecule has 7 nitrogen and oxygen atoms in total. The van der Waals surface area contributed by atoms with Crippen molar-refractivity contribution in [3.63, 3.8) is 0 Å². The topological polar surface area (TPSA) is 102 Å². The minimum atomic E-state index is -1.20. The summed E-state index contributed by atoms with van der Waals surface area (Å²) in [6.45, 7) is 0.436. The van der Waals surface area contributed by atoms with E-state index in [0.29, 0.717) is 57.2 Å². The maximum absolute atomic E-state index is 14.2. The van der Waals surface area contributed by atoms with Crippen molar-refractivity contribution >= 4 is 34.4 Å². The number of carbonyl (C=O) groups excluding carboxylic acids is 1. The van der Waals surface area contributed by atoms with Crippen molar-refractivity contribution < 1.29 is 28.6 Å². The molecule has 0 saturated carbocycles. The molecule has 4 aromatic rings. The number of nitrogens with zero attached hydrogens (tertiary/aromatic N) is 1. The molecule has 1 heterocycles. The summed E-state index contributed by atoms with van der Waals surface area (Å²) in [6.07, 6.45) is 0.772. The normalized spacial score (nSPS) is 11.1. The van der Waals surface area contributed by atoms with Crippen LogP contribution in [0.3, 0.4) is 0 Å². The van der Waals surface area contributed by atoms with Gasteiger partial charge in [0.05, 0.1) is 23.7 Å². The highest BCUT2D eigenvalue weighted by Crippen LogP contribution is 2.39. The highest BCUT2D eigenvalue weighted by molar-refractivity contribution is 6.34. The van der Waals surface area contributed by atoms with Gasteiger partial charge >= 0.3 is 5.97 Å². The van der Waals surface area contributed by atoms with Gasteiger partial charge in [-0.05, 0) is 24.1 Å². The molecule has 35 heavy (non-hydrogen) atoms. The van der Waals surface area contributed by atoms with Gasteiger partial charge < -0.3 is 19.6 Å². The number of ketones is 1. The monoisotopic (exact) mass is 496 g/mol. The third kappa shape index (κ3) is 4.89. The second kappa shape index (κ2) is 10.2. The molecule has 9 heteroatoms. The molecule has 0 atom stereocenters. The summed E-state index contributed by atoms with van der Waals surface area (Å²) in [6, 6.07) is 12.4. The molecule has 0 aliphatic carbocycles. The standard InChI is InChI=1S/C26H22ClFN2O5/c1-34-10-4-7-22(31)14-8-9-15(17(11-14)26(32)33)24-16(5-3-6-18(24)27)25-29-20-12-19(28)23(35-2)13-21(20)30-25/h3,5-6,8-9,11-13H,4,7,10H2,1-2H3,(H,29,30)(H,32,33). The Labute approximate surface area is 205 Å². The van der Waals surface area contributed by atoms with E-state index < -0.39 is 11.8 Å². The number of nitrogens with one attached hydrogen (secondary N) is 1. The zero-order chi connectivity index (χ0) is 25.1. The molecule has 0 saturated heterocycles. The van der Waals surface area contributed by atoms with Crippen LogP contribution in [0.25, 0.3) is 33.5 Å². The molecule has 2 N–H and O–H groups in total. The molecule has 0 aliphatic heterocycles. The largest absolute Gasteiger partial charge is 0.494 e. The Morgan fingerprint density at radius 2 is 1.91 bits per heavy atom. The van der Waals surface area contributed by atoms with Crippen LogP contribution >= 0.6 is 11.6 Å². The van der Waals surface area contributed by atoms with Gasteiger partial charge in [-0.2, -0.15) is 0 Å². The molecule has 1 aromatic heterocycles. The minimum absolute atomic E-state index is 0.0563. The summed E-state index contributed by atoms with van der Waals surface area (Å²) in [7, 11) is 2.92. The lowest BCUT2D eigenvalue weighted by molar-refractivity contribution is 0.0697. The number of H-pyrrole nitrogens is 1. The number of carbonyl (C=O) groups is 2.